The van der Waals surface area contributed by atoms with Gasteiger partial charge in [0.2, 0.25) is 5.79 Å². The van der Waals surface area contributed by atoms with Gasteiger partial charge in [-0.25, -0.2) is 0 Å². The normalized spacial score (nSPS) is 21.0. The summed E-state index contributed by atoms with van der Waals surface area (Å²) in [6, 6.07) is 3.98. The zero-order chi connectivity index (χ0) is 10.0. The van der Waals surface area contributed by atoms with Gasteiger partial charge in [0.1, 0.15) is 0 Å². The molecule has 2 rings (SSSR count). The van der Waals surface area contributed by atoms with Gasteiger partial charge in [0, 0.05) is 0 Å². The third kappa shape index (κ3) is 1.87. The maximum atomic E-state index is 5.72. The first-order chi connectivity index (χ1) is 6.77. The van der Waals surface area contributed by atoms with Crippen LogP contribution in [0, 0.1) is 0 Å². The summed E-state index contributed by atoms with van der Waals surface area (Å²) in [5.41, 5.74) is 5.72. The highest BCUT2D eigenvalue weighted by Crippen LogP contribution is 2.36. The molecule has 0 aromatic carbocycles. The third-order valence-corrected chi connectivity index (χ3v) is 3.92. The predicted octanol–water partition coefficient (Wildman–Crippen LogP) is 2.06. The molecule has 1 aliphatic heterocycles. The molecule has 1 aliphatic rings. The standard InChI is InChI=1S/C9H12BrNO2S/c10-8-3-2-7(14-8)9(6-11)12-4-1-5-13-9/h2-3H,1,4-6,11H2. The smallest absolute Gasteiger partial charge is 0.217 e. The quantitative estimate of drug-likeness (QED) is 0.900. The van der Waals surface area contributed by atoms with E-state index in [0.29, 0.717) is 19.8 Å². The molecule has 0 aliphatic carbocycles. The van der Waals surface area contributed by atoms with Gasteiger partial charge in [-0.15, -0.1) is 11.3 Å². The molecule has 0 bridgehead atoms. The third-order valence-electron chi connectivity index (χ3n) is 2.18. The Balaban J connectivity index is 2.26. The van der Waals surface area contributed by atoms with Crippen molar-refractivity contribution in [3.63, 3.8) is 0 Å². The number of nitrogens with two attached hydrogens (primary N) is 1. The zero-order valence-corrected chi connectivity index (χ0v) is 10.1. The van der Waals surface area contributed by atoms with E-state index in [1.165, 1.54) is 0 Å². The highest BCUT2D eigenvalue weighted by molar-refractivity contribution is 9.11. The van der Waals surface area contributed by atoms with Crippen molar-refractivity contribution in [3.8, 4) is 0 Å². The molecule has 0 amide bonds. The molecule has 14 heavy (non-hydrogen) atoms. The summed E-state index contributed by atoms with van der Waals surface area (Å²) in [6.45, 7) is 1.79. The molecule has 2 heterocycles. The summed E-state index contributed by atoms with van der Waals surface area (Å²) in [6.07, 6.45) is 0.939. The lowest BCUT2D eigenvalue weighted by molar-refractivity contribution is -0.267. The van der Waals surface area contributed by atoms with Gasteiger partial charge in [-0.05, 0) is 34.5 Å². The minimum Gasteiger partial charge on any atom is -0.344 e. The Bertz CT molecular complexity index is 310. The summed E-state index contributed by atoms with van der Waals surface area (Å²) in [7, 11) is 0. The molecule has 0 spiro atoms. The van der Waals surface area contributed by atoms with Crippen LogP contribution in [0.1, 0.15) is 11.3 Å². The summed E-state index contributed by atoms with van der Waals surface area (Å²) in [5.74, 6) is -0.699. The Morgan fingerprint density at radius 2 is 2.14 bits per heavy atom. The van der Waals surface area contributed by atoms with Gasteiger partial charge in [0.05, 0.1) is 28.4 Å². The van der Waals surface area contributed by atoms with Crippen LogP contribution in [-0.4, -0.2) is 19.8 Å². The van der Waals surface area contributed by atoms with Gasteiger partial charge in [-0.1, -0.05) is 0 Å². The largest absolute Gasteiger partial charge is 0.344 e. The van der Waals surface area contributed by atoms with Crippen molar-refractivity contribution in [2.24, 2.45) is 5.73 Å². The monoisotopic (exact) mass is 277 g/mol. The molecule has 1 aromatic rings. The highest BCUT2D eigenvalue weighted by atomic mass is 79.9. The topological polar surface area (TPSA) is 44.5 Å². The molecule has 0 unspecified atom stereocenters. The summed E-state index contributed by atoms with van der Waals surface area (Å²) in [4.78, 5) is 1.03. The molecule has 3 nitrogen and oxygen atoms in total. The van der Waals surface area contributed by atoms with E-state index in [1.54, 1.807) is 11.3 Å². The van der Waals surface area contributed by atoms with Gasteiger partial charge in [0.25, 0.3) is 0 Å². The van der Waals surface area contributed by atoms with Gasteiger partial charge in [0.15, 0.2) is 0 Å². The Kier molecular flexibility index (Phi) is 3.23. The van der Waals surface area contributed by atoms with E-state index < -0.39 is 5.79 Å². The van der Waals surface area contributed by atoms with Crippen LogP contribution in [-0.2, 0) is 15.3 Å². The first kappa shape index (κ1) is 10.6. The van der Waals surface area contributed by atoms with Crippen LogP contribution < -0.4 is 5.73 Å². The van der Waals surface area contributed by atoms with Crippen LogP contribution in [0.15, 0.2) is 15.9 Å². The number of ether oxygens (including phenoxy) is 2. The fraction of sp³-hybridized carbons (Fsp3) is 0.556. The summed E-state index contributed by atoms with van der Waals surface area (Å²) >= 11 is 5.02. The highest BCUT2D eigenvalue weighted by Gasteiger charge is 2.36. The van der Waals surface area contributed by atoms with E-state index in [0.717, 1.165) is 15.1 Å². The first-order valence-corrected chi connectivity index (χ1v) is 6.11. The summed E-state index contributed by atoms with van der Waals surface area (Å²) < 4.78 is 12.4. The van der Waals surface area contributed by atoms with E-state index in [2.05, 4.69) is 15.9 Å². The number of thiophene rings is 1. The van der Waals surface area contributed by atoms with E-state index in [9.17, 15) is 0 Å². The Labute approximate surface area is 95.3 Å². The van der Waals surface area contributed by atoms with Gasteiger partial charge in [-0.3, -0.25) is 0 Å². The van der Waals surface area contributed by atoms with Crippen LogP contribution in [0.5, 0.6) is 0 Å². The molecule has 1 aromatic heterocycles. The van der Waals surface area contributed by atoms with Crippen LogP contribution in [0.25, 0.3) is 0 Å². The second kappa shape index (κ2) is 4.28. The Morgan fingerprint density at radius 3 is 2.64 bits per heavy atom. The lowest BCUT2D eigenvalue weighted by Gasteiger charge is -2.35. The molecule has 0 saturated carbocycles. The number of halogens is 1. The predicted molar refractivity (Wildman–Crippen MR) is 59.3 cm³/mol. The SMILES string of the molecule is NCC1(c2ccc(Br)s2)OCCCO1. The Hall–Kier alpha value is 0.0600. The van der Waals surface area contributed by atoms with E-state index in [-0.39, 0.29) is 0 Å². The lowest BCUT2D eigenvalue weighted by Crippen LogP contribution is -2.43. The fourth-order valence-corrected chi connectivity index (χ4v) is 2.95. The average Bonchev–Trinajstić information content (AvgIpc) is 2.66. The van der Waals surface area contributed by atoms with Crippen molar-refractivity contribution < 1.29 is 9.47 Å². The average molecular weight is 278 g/mol. The molecule has 1 saturated heterocycles. The van der Waals surface area contributed by atoms with Crippen molar-refractivity contribution in [2.45, 2.75) is 12.2 Å². The number of rotatable bonds is 2. The van der Waals surface area contributed by atoms with E-state index in [4.69, 9.17) is 15.2 Å². The lowest BCUT2D eigenvalue weighted by atomic mass is 10.2. The van der Waals surface area contributed by atoms with Crippen molar-refractivity contribution in [1.29, 1.82) is 0 Å². The second-order valence-electron chi connectivity index (χ2n) is 3.11. The molecule has 0 atom stereocenters. The van der Waals surface area contributed by atoms with Crippen LogP contribution in [0.4, 0.5) is 0 Å². The van der Waals surface area contributed by atoms with Crippen LogP contribution >= 0.6 is 27.3 Å². The Morgan fingerprint density at radius 1 is 1.43 bits per heavy atom. The van der Waals surface area contributed by atoms with Crippen LogP contribution in [0.2, 0.25) is 0 Å². The molecular formula is C9H12BrNO2S. The molecule has 78 valence electrons. The van der Waals surface area contributed by atoms with Gasteiger partial charge in [-0.2, -0.15) is 0 Å². The number of hydrogen-bond donors (Lipinski definition) is 1. The molecule has 1 fully saturated rings. The van der Waals surface area contributed by atoms with Crippen molar-refractivity contribution >= 4 is 27.3 Å². The van der Waals surface area contributed by atoms with E-state index in [1.807, 2.05) is 12.1 Å². The molecule has 5 heteroatoms. The fourth-order valence-electron chi connectivity index (χ4n) is 1.45. The first-order valence-electron chi connectivity index (χ1n) is 4.51. The van der Waals surface area contributed by atoms with Crippen molar-refractivity contribution in [3.05, 3.63) is 20.8 Å². The molecule has 2 N–H and O–H groups in total. The van der Waals surface area contributed by atoms with Crippen molar-refractivity contribution in [2.75, 3.05) is 19.8 Å². The number of hydrogen-bond acceptors (Lipinski definition) is 4. The zero-order valence-electron chi connectivity index (χ0n) is 7.66. The molecule has 0 radical (unpaired) electrons. The minimum absolute atomic E-state index is 0.361. The summed E-state index contributed by atoms with van der Waals surface area (Å²) in [5, 5.41) is 0. The minimum atomic E-state index is -0.699. The maximum Gasteiger partial charge on any atom is 0.217 e. The second-order valence-corrected chi connectivity index (χ2v) is 5.57. The molecular weight excluding hydrogens is 266 g/mol. The van der Waals surface area contributed by atoms with Crippen molar-refractivity contribution in [1.82, 2.24) is 0 Å². The van der Waals surface area contributed by atoms with Gasteiger partial charge < -0.3 is 15.2 Å². The van der Waals surface area contributed by atoms with Gasteiger partial charge >= 0.3 is 0 Å². The maximum absolute atomic E-state index is 5.72. The van der Waals surface area contributed by atoms with E-state index >= 15 is 0 Å². The van der Waals surface area contributed by atoms with Crippen LogP contribution in [0.3, 0.4) is 0 Å².